The molecule has 3 amide bonds. The predicted molar refractivity (Wildman–Crippen MR) is 183 cm³/mol. The summed E-state index contributed by atoms with van der Waals surface area (Å²) in [4.78, 5) is 43.2. The Morgan fingerprint density at radius 3 is 2.00 bits per heavy atom. The quantitative estimate of drug-likeness (QED) is 0.197. The number of ether oxygens (including phenoxy) is 2. The van der Waals surface area contributed by atoms with Gasteiger partial charge in [-0.25, -0.2) is 9.59 Å². The van der Waals surface area contributed by atoms with Crippen molar-refractivity contribution in [3.8, 4) is 11.3 Å². The number of carbonyl (C=O) groups is 3. The van der Waals surface area contributed by atoms with E-state index in [1.54, 1.807) is 20.8 Å². The van der Waals surface area contributed by atoms with E-state index >= 15 is 0 Å². The Morgan fingerprint density at radius 1 is 0.809 bits per heavy atom. The van der Waals surface area contributed by atoms with Crippen molar-refractivity contribution in [2.75, 3.05) is 7.11 Å². The van der Waals surface area contributed by atoms with Crippen molar-refractivity contribution in [2.45, 2.75) is 97.6 Å². The number of amides is 3. The molecule has 0 saturated heterocycles. The van der Waals surface area contributed by atoms with E-state index < -0.39 is 53.3 Å². The average molecular weight is 647 g/mol. The van der Waals surface area contributed by atoms with E-state index in [0.29, 0.717) is 6.42 Å². The number of carbonyl (C=O) groups excluding carboxylic acids is 3. The van der Waals surface area contributed by atoms with Crippen LogP contribution in [0.3, 0.4) is 0 Å². The minimum absolute atomic E-state index is 0.120. The van der Waals surface area contributed by atoms with Gasteiger partial charge in [0.25, 0.3) is 0 Å². The Labute approximate surface area is 278 Å². The molecule has 0 bridgehead atoms. The van der Waals surface area contributed by atoms with E-state index in [9.17, 15) is 19.5 Å². The van der Waals surface area contributed by atoms with Gasteiger partial charge in [-0.1, -0.05) is 81.4 Å². The summed E-state index contributed by atoms with van der Waals surface area (Å²) in [5, 5.41) is 20.3. The van der Waals surface area contributed by atoms with Crippen LogP contribution in [0.5, 0.6) is 0 Å². The number of aliphatic hydroxyl groups excluding tert-OH is 1. The standard InChI is InChI=1S/C37H50N4O6/c1-24-14-19-29(38-23-24)27-17-15-26(16-18-27)21-30(40-33(43)32(36(2,3)4)41-34(44)46-8)31(42)22-28(20-25-12-10-9-11-13-25)39-35(45)47-37(5,6)7/h9-19,23,28,30-32,42H,20-22H2,1-8H3,(H,39,45)(H,40,43)(H,41,44)/t28-,30-,31-,32+/m0/s1. The van der Waals surface area contributed by atoms with Gasteiger partial charge in [-0.15, -0.1) is 0 Å². The van der Waals surface area contributed by atoms with Crippen molar-refractivity contribution in [2.24, 2.45) is 5.41 Å². The number of nitrogens with zero attached hydrogens (tertiary/aromatic N) is 1. The molecule has 0 aliphatic carbocycles. The summed E-state index contributed by atoms with van der Waals surface area (Å²) in [6, 6.07) is 19.2. The maximum atomic E-state index is 13.7. The SMILES string of the molecule is COC(=O)N[C@H](C(=O)N[C@@H](Cc1ccc(-c2ccc(C)cn2)cc1)[C@@H](O)C[C@H](Cc1ccccc1)NC(=O)OC(C)(C)C)C(C)(C)C. The lowest BCUT2D eigenvalue weighted by atomic mass is 9.85. The summed E-state index contributed by atoms with van der Waals surface area (Å²) in [6.45, 7) is 12.8. The van der Waals surface area contributed by atoms with Crippen LogP contribution in [-0.2, 0) is 27.1 Å². The summed E-state index contributed by atoms with van der Waals surface area (Å²) in [5.74, 6) is -0.466. The van der Waals surface area contributed by atoms with E-state index in [2.05, 4.69) is 20.9 Å². The zero-order valence-corrected chi connectivity index (χ0v) is 28.8. The van der Waals surface area contributed by atoms with Crippen LogP contribution in [0.1, 0.15) is 64.7 Å². The van der Waals surface area contributed by atoms with E-state index in [-0.39, 0.29) is 12.8 Å². The molecule has 0 spiro atoms. The Bertz CT molecular complexity index is 1450. The predicted octanol–water partition coefficient (Wildman–Crippen LogP) is 5.74. The molecule has 0 saturated carbocycles. The van der Waals surface area contributed by atoms with Crippen LogP contribution in [0.25, 0.3) is 11.3 Å². The molecule has 1 aromatic heterocycles. The Morgan fingerprint density at radius 2 is 1.45 bits per heavy atom. The van der Waals surface area contributed by atoms with E-state index in [4.69, 9.17) is 9.47 Å². The van der Waals surface area contributed by atoms with Gasteiger partial charge in [0.1, 0.15) is 11.6 Å². The molecule has 0 aliphatic heterocycles. The fourth-order valence-electron chi connectivity index (χ4n) is 5.13. The van der Waals surface area contributed by atoms with Gasteiger partial charge in [-0.05, 0) is 75.1 Å². The molecular formula is C37H50N4O6. The third-order valence-corrected chi connectivity index (χ3v) is 7.56. The number of methoxy groups -OCH3 is 1. The molecule has 3 rings (SSSR count). The maximum absolute atomic E-state index is 13.7. The van der Waals surface area contributed by atoms with Crippen LogP contribution in [0.2, 0.25) is 0 Å². The third kappa shape index (κ3) is 12.4. The second-order valence-corrected chi connectivity index (χ2v) is 14.0. The topological polar surface area (TPSA) is 139 Å². The van der Waals surface area contributed by atoms with Gasteiger partial charge in [0, 0.05) is 17.8 Å². The molecule has 1 heterocycles. The van der Waals surface area contributed by atoms with Crippen LogP contribution in [-0.4, -0.2) is 65.1 Å². The van der Waals surface area contributed by atoms with Crippen molar-refractivity contribution < 1.29 is 29.0 Å². The highest BCUT2D eigenvalue weighted by Crippen LogP contribution is 2.23. The molecule has 4 atom stereocenters. The number of hydrogen-bond acceptors (Lipinski definition) is 7. The van der Waals surface area contributed by atoms with E-state index in [1.807, 2.05) is 101 Å². The number of rotatable bonds is 12. The largest absolute Gasteiger partial charge is 0.453 e. The van der Waals surface area contributed by atoms with Crippen molar-refractivity contribution in [1.82, 2.24) is 20.9 Å². The van der Waals surface area contributed by atoms with Crippen LogP contribution in [0.15, 0.2) is 72.9 Å². The molecule has 0 aliphatic rings. The highest BCUT2D eigenvalue weighted by Gasteiger charge is 2.36. The highest BCUT2D eigenvalue weighted by atomic mass is 16.6. The Balaban J connectivity index is 1.90. The molecule has 254 valence electrons. The summed E-state index contributed by atoms with van der Waals surface area (Å²) >= 11 is 0. The average Bonchev–Trinajstić information content (AvgIpc) is 2.99. The highest BCUT2D eigenvalue weighted by molar-refractivity contribution is 5.86. The molecule has 0 fully saturated rings. The van der Waals surface area contributed by atoms with Crippen molar-refractivity contribution >= 4 is 18.1 Å². The number of hydrogen-bond donors (Lipinski definition) is 4. The van der Waals surface area contributed by atoms with Crippen LogP contribution < -0.4 is 16.0 Å². The normalized spacial score (nSPS) is 14.2. The fourth-order valence-corrected chi connectivity index (χ4v) is 5.13. The second-order valence-electron chi connectivity index (χ2n) is 14.0. The van der Waals surface area contributed by atoms with Gasteiger partial charge in [0.05, 0.1) is 24.9 Å². The molecule has 4 N–H and O–H groups in total. The van der Waals surface area contributed by atoms with Gasteiger partial charge >= 0.3 is 12.2 Å². The number of aliphatic hydroxyl groups is 1. The molecular weight excluding hydrogens is 596 g/mol. The molecule has 0 radical (unpaired) electrons. The molecule has 0 unspecified atom stereocenters. The van der Waals surface area contributed by atoms with Crippen molar-refractivity contribution in [3.63, 3.8) is 0 Å². The van der Waals surface area contributed by atoms with Crippen LogP contribution >= 0.6 is 0 Å². The molecule has 10 nitrogen and oxygen atoms in total. The van der Waals surface area contributed by atoms with Crippen LogP contribution in [0, 0.1) is 12.3 Å². The third-order valence-electron chi connectivity index (χ3n) is 7.56. The lowest BCUT2D eigenvalue weighted by molar-refractivity contribution is -0.127. The molecule has 10 heteroatoms. The summed E-state index contributed by atoms with van der Waals surface area (Å²) in [6.07, 6.45) is 0.243. The van der Waals surface area contributed by atoms with Gasteiger partial charge in [-0.3, -0.25) is 9.78 Å². The van der Waals surface area contributed by atoms with Gasteiger partial charge < -0.3 is 30.5 Å². The lowest BCUT2D eigenvalue weighted by Crippen LogP contribution is -2.58. The van der Waals surface area contributed by atoms with Gasteiger partial charge in [-0.2, -0.15) is 0 Å². The monoisotopic (exact) mass is 646 g/mol. The first kappa shape index (κ1) is 37.0. The Kier molecular flexibility index (Phi) is 12.9. The molecule has 2 aromatic carbocycles. The van der Waals surface area contributed by atoms with Crippen molar-refractivity contribution in [1.29, 1.82) is 0 Å². The zero-order valence-electron chi connectivity index (χ0n) is 28.8. The second kappa shape index (κ2) is 16.4. The number of benzene rings is 2. The zero-order chi connectivity index (χ0) is 34.8. The minimum Gasteiger partial charge on any atom is -0.453 e. The number of pyridine rings is 1. The minimum atomic E-state index is -1.08. The van der Waals surface area contributed by atoms with E-state index in [1.165, 1.54) is 7.11 Å². The first-order valence-electron chi connectivity index (χ1n) is 15.9. The van der Waals surface area contributed by atoms with Gasteiger partial charge in [0.15, 0.2) is 0 Å². The number of nitrogens with one attached hydrogen (secondary N) is 3. The fraction of sp³-hybridized carbons (Fsp3) is 0.459. The first-order valence-corrected chi connectivity index (χ1v) is 15.9. The maximum Gasteiger partial charge on any atom is 0.407 e. The molecule has 47 heavy (non-hydrogen) atoms. The number of aromatic nitrogens is 1. The number of alkyl carbamates (subject to hydrolysis) is 2. The van der Waals surface area contributed by atoms with Crippen molar-refractivity contribution in [3.05, 3.63) is 89.6 Å². The smallest absolute Gasteiger partial charge is 0.407 e. The molecule has 3 aromatic rings. The summed E-state index contributed by atoms with van der Waals surface area (Å²) < 4.78 is 10.3. The van der Waals surface area contributed by atoms with E-state index in [0.717, 1.165) is 27.9 Å². The van der Waals surface area contributed by atoms with Crippen LogP contribution in [0.4, 0.5) is 9.59 Å². The first-order chi connectivity index (χ1) is 22.0. The number of aryl methyl sites for hydroxylation is 1. The van der Waals surface area contributed by atoms with Gasteiger partial charge in [0.2, 0.25) is 5.91 Å². The summed E-state index contributed by atoms with van der Waals surface area (Å²) in [5.41, 5.74) is 3.32. The lowest BCUT2D eigenvalue weighted by Gasteiger charge is -2.33. The Hall–Kier alpha value is -4.44. The summed E-state index contributed by atoms with van der Waals surface area (Å²) in [7, 11) is 1.24.